The van der Waals surface area contributed by atoms with Crippen LogP contribution >= 0.6 is 0 Å². The molecule has 5 nitrogen and oxygen atoms in total. The fourth-order valence-corrected chi connectivity index (χ4v) is 7.62. The Bertz CT molecular complexity index is 943. The highest BCUT2D eigenvalue weighted by molar-refractivity contribution is 5.80. The zero-order valence-corrected chi connectivity index (χ0v) is 38.7. The molecule has 0 aliphatic carbocycles. The normalized spacial score (nSPS) is 13.8. The molecular formula is C53H99NO4. The summed E-state index contributed by atoms with van der Waals surface area (Å²) in [6, 6.07) is -0.825. The smallest absolute Gasteiger partial charge is 0.249 e. The average molecular weight is 814 g/mol. The quantitative estimate of drug-likeness (QED) is 0.0364. The summed E-state index contributed by atoms with van der Waals surface area (Å²) in [5, 5.41) is 33.2. The van der Waals surface area contributed by atoms with Crippen LogP contribution in [0.25, 0.3) is 0 Å². The number of amides is 1. The van der Waals surface area contributed by atoms with Crippen LogP contribution in [0, 0.1) is 0 Å². The molecule has 0 spiro atoms. The van der Waals surface area contributed by atoms with Gasteiger partial charge in [0.15, 0.2) is 0 Å². The number of hydrogen-bond acceptors (Lipinski definition) is 4. The summed E-state index contributed by atoms with van der Waals surface area (Å²) in [5.41, 5.74) is 0. The predicted octanol–water partition coefficient (Wildman–Crippen LogP) is 15.3. The summed E-state index contributed by atoms with van der Waals surface area (Å²) in [6.07, 6.45) is 63.1. The molecule has 0 aromatic heterocycles. The van der Waals surface area contributed by atoms with Crippen molar-refractivity contribution in [2.45, 2.75) is 276 Å². The summed E-state index contributed by atoms with van der Waals surface area (Å²) >= 11 is 0. The maximum absolute atomic E-state index is 12.5. The Hall–Kier alpha value is -1.69. The van der Waals surface area contributed by atoms with E-state index in [9.17, 15) is 20.1 Å². The Balaban J connectivity index is 3.70. The molecule has 0 radical (unpaired) electrons. The van der Waals surface area contributed by atoms with E-state index < -0.39 is 24.2 Å². The molecule has 0 aliphatic heterocycles. The third kappa shape index (κ3) is 42.4. The number of allylic oxidation sites excluding steroid dienone is 7. The molecule has 3 unspecified atom stereocenters. The number of rotatable bonds is 46. The third-order valence-electron chi connectivity index (χ3n) is 11.6. The van der Waals surface area contributed by atoms with Crippen LogP contribution in [0.1, 0.15) is 258 Å². The van der Waals surface area contributed by atoms with E-state index in [1.807, 2.05) is 6.08 Å². The van der Waals surface area contributed by atoms with Gasteiger partial charge in [0, 0.05) is 0 Å². The van der Waals surface area contributed by atoms with Crippen LogP contribution in [0.3, 0.4) is 0 Å². The molecule has 0 heterocycles. The topological polar surface area (TPSA) is 89.8 Å². The number of hydrogen-bond donors (Lipinski definition) is 4. The van der Waals surface area contributed by atoms with Crippen molar-refractivity contribution in [3.05, 3.63) is 48.6 Å². The number of nitrogens with one attached hydrogen (secondary N) is 1. The second kappa shape index (κ2) is 48.0. The monoisotopic (exact) mass is 814 g/mol. The lowest BCUT2D eigenvalue weighted by Gasteiger charge is -2.21. The minimum atomic E-state index is -1.12. The number of unbranched alkanes of at least 4 members (excludes halogenated alkanes) is 32. The molecule has 0 saturated heterocycles. The molecular weight excluding hydrogens is 715 g/mol. The zero-order valence-electron chi connectivity index (χ0n) is 38.7. The molecule has 5 heteroatoms. The van der Waals surface area contributed by atoms with Crippen molar-refractivity contribution in [3.8, 4) is 0 Å². The van der Waals surface area contributed by atoms with Crippen LogP contribution in [0.4, 0.5) is 0 Å². The standard InChI is InChI=1S/C53H99NO4/c1-3-5-7-9-11-13-15-17-19-21-23-25-27-29-31-33-35-37-39-41-43-45-47-51(56)50(49-55)54-53(58)52(57)48-46-44-42-40-38-36-34-32-30-28-26-24-22-20-18-16-14-12-10-8-6-4-2/h29-32,37,39,45,47,50-52,55-57H,3-28,33-36,38,40-44,46,48-49H2,1-2H3,(H,54,58)/b31-29+,32-30-,39-37+,47-45+. The Morgan fingerprint density at radius 2 is 0.707 bits per heavy atom. The van der Waals surface area contributed by atoms with Gasteiger partial charge in [0.2, 0.25) is 5.91 Å². The summed E-state index contributed by atoms with van der Waals surface area (Å²) in [4.78, 5) is 12.5. The molecule has 0 aliphatic rings. The first kappa shape index (κ1) is 56.3. The molecule has 0 rings (SSSR count). The van der Waals surface area contributed by atoms with Gasteiger partial charge in [-0.3, -0.25) is 4.79 Å². The Labute approximate surface area is 361 Å². The van der Waals surface area contributed by atoms with Gasteiger partial charge in [0.1, 0.15) is 6.10 Å². The summed E-state index contributed by atoms with van der Waals surface area (Å²) < 4.78 is 0. The van der Waals surface area contributed by atoms with Gasteiger partial charge in [-0.25, -0.2) is 0 Å². The molecule has 0 fully saturated rings. The van der Waals surface area contributed by atoms with E-state index in [-0.39, 0.29) is 6.61 Å². The minimum Gasteiger partial charge on any atom is -0.394 e. The van der Waals surface area contributed by atoms with Crippen molar-refractivity contribution < 1.29 is 20.1 Å². The Morgan fingerprint density at radius 1 is 0.414 bits per heavy atom. The molecule has 0 aromatic rings. The Morgan fingerprint density at radius 3 is 1.05 bits per heavy atom. The van der Waals surface area contributed by atoms with Crippen molar-refractivity contribution in [1.29, 1.82) is 0 Å². The van der Waals surface area contributed by atoms with Gasteiger partial charge in [-0.1, -0.05) is 236 Å². The highest BCUT2D eigenvalue weighted by Crippen LogP contribution is 2.15. The third-order valence-corrected chi connectivity index (χ3v) is 11.6. The van der Waals surface area contributed by atoms with E-state index in [0.717, 1.165) is 44.9 Å². The van der Waals surface area contributed by atoms with Crippen molar-refractivity contribution in [2.75, 3.05) is 6.61 Å². The maximum atomic E-state index is 12.5. The number of carbonyl (C=O) groups excluding carboxylic acids is 1. The summed E-state index contributed by atoms with van der Waals surface area (Å²) in [7, 11) is 0. The Kier molecular flexibility index (Phi) is 46.6. The van der Waals surface area contributed by atoms with Crippen LogP contribution in [0.15, 0.2) is 48.6 Å². The highest BCUT2D eigenvalue weighted by Gasteiger charge is 2.22. The molecule has 1 amide bonds. The fourth-order valence-electron chi connectivity index (χ4n) is 7.62. The summed E-state index contributed by atoms with van der Waals surface area (Å²) in [5.74, 6) is -0.521. The van der Waals surface area contributed by atoms with Gasteiger partial charge in [-0.05, 0) is 70.6 Å². The lowest BCUT2D eigenvalue weighted by molar-refractivity contribution is -0.131. The first-order valence-corrected chi connectivity index (χ1v) is 25.5. The highest BCUT2D eigenvalue weighted by atomic mass is 16.3. The van der Waals surface area contributed by atoms with Gasteiger partial charge < -0.3 is 20.6 Å². The van der Waals surface area contributed by atoms with Gasteiger partial charge in [-0.15, -0.1) is 0 Å². The lowest BCUT2D eigenvalue weighted by Crippen LogP contribution is -2.48. The van der Waals surface area contributed by atoms with Gasteiger partial charge >= 0.3 is 0 Å². The van der Waals surface area contributed by atoms with Gasteiger partial charge in [-0.2, -0.15) is 0 Å². The van der Waals surface area contributed by atoms with Crippen molar-refractivity contribution in [3.63, 3.8) is 0 Å². The molecule has 58 heavy (non-hydrogen) atoms. The number of carbonyl (C=O) groups is 1. The van der Waals surface area contributed by atoms with Crippen LogP contribution in [0.5, 0.6) is 0 Å². The molecule has 340 valence electrons. The molecule has 4 N–H and O–H groups in total. The lowest BCUT2D eigenvalue weighted by atomic mass is 10.0. The first-order valence-electron chi connectivity index (χ1n) is 25.5. The van der Waals surface area contributed by atoms with Gasteiger partial charge in [0.25, 0.3) is 0 Å². The van der Waals surface area contributed by atoms with Crippen LogP contribution in [-0.4, -0.2) is 46.1 Å². The molecule has 0 aromatic carbocycles. The van der Waals surface area contributed by atoms with E-state index in [4.69, 9.17) is 0 Å². The van der Waals surface area contributed by atoms with Crippen molar-refractivity contribution in [2.24, 2.45) is 0 Å². The van der Waals surface area contributed by atoms with E-state index in [1.165, 1.54) is 193 Å². The van der Waals surface area contributed by atoms with E-state index in [2.05, 4.69) is 55.6 Å². The van der Waals surface area contributed by atoms with Gasteiger partial charge in [0.05, 0.1) is 18.8 Å². The molecule has 3 atom stereocenters. The van der Waals surface area contributed by atoms with Crippen molar-refractivity contribution in [1.82, 2.24) is 5.32 Å². The first-order chi connectivity index (χ1) is 28.6. The predicted molar refractivity (Wildman–Crippen MR) is 254 cm³/mol. The number of aliphatic hydroxyl groups excluding tert-OH is 3. The second-order valence-corrected chi connectivity index (χ2v) is 17.4. The number of aliphatic hydroxyl groups is 3. The molecule has 0 saturated carbocycles. The zero-order chi connectivity index (χ0) is 42.3. The van der Waals surface area contributed by atoms with E-state index >= 15 is 0 Å². The van der Waals surface area contributed by atoms with Crippen molar-refractivity contribution >= 4 is 5.91 Å². The minimum absolute atomic E-state index is 0.384. The SMILES string of the molecule is CCCCCCCCCCCCCC/C=C\CCCCCCCCC(O)C(=O)NC(CO)C(O)/C=C/CC/C=C/CC/C=C/CCCCCCCCCCCCCC. The van der Waals surface area contributed by atoms with Crippen LogP contribution in [0.2, 0.25) is 0 Å². The second-order valence-electron chi connectivity index (χ2n) is 17.4. The molecule has 0 bridgehead atoms. The average Bonchev–Trinajstić information content (AvgIpc) is 3.23. The van der Waals surface area contributed by atoms with Crippen LogP contribution in [-0.2, 0) is 4.79 Å². The van der Waals surface area contributed by atoms with E-state index in [0.29, 0.717) is 6.42 Å². The largest absolute Gasteiger partial charge is 0.394 e. The summed E-state index contributed by atoms with van der Waals surface area (Å²) in [6.45, 7) is 4.18. The van der Waals surface area contributed by atoms with Crippen LogP contribution < -0.4 is 5.32 Å². The fraction of sp³-hybridized carbons (Fsp3) is 0.830. The van der Waals surface area contributed by atoms with E-state index in [1.54, 1.807) is 6.08 Å². The maximum Gasteiger partial charge on any atom is 0.249 e.